The number of hydrogen-bond donors (Lipinski definition) is 2. The van der Waals surface area contributed by atoms with Crippen LogP contribution in [0.25, 0.3) is 0 Å². The van der Waals surface area contributed by atoms with E-state index in [4.69, 9.17) is 5.73 Å². The van der Waals surface area contributed by atoms with E-state index in [0.717, 1.165) is 30.9 Å². The maximum atomic E-state index is 12.4. The van der Waals surface area contributed by atoms with Gasteiger partial charge in [0.1, 0.15) is 0 Å². The fraction of sp³-hybridized carbons (Fsp3) is 0.611. The third-order valence-electron chi connectivity index (χ3n) is 4.42. The molecule has 1 aliphatic rings. The van der Waals surface area contributed by atoms with Gasteiger partial charge in [0.05, 0.1) is 6.04 Å². The lowest BCUT2D eigenvalue weighted by Crippen LogP contribution is -2.45. The molecule has 1 aliphatic heterocycles. The van der Waals surface area contributed by atoms with Crippen molar-refractivity contribution in [3.8, 4) is 0 Å². The van der Waals surface area contributed by atoms with Crippen molar-refractivity contribution in [1.82, 2.24) is 4.90 Å². The van der Waals surface area contributed by atoms with E-state index in [-0.39, 0.29) is 11.3 Å². The highest BCUT2D eigenvalue weighted by molar-refractivity contribution is 7.99. The number of amides is 1. The quantitative estimate of drug-likeness (QED) is 0.888. The maximum absolute atomic E-state index is 12.4. The molecule has 1 aromatic rings. The topological polar surface area (TPSA) is 58.4 Å². The Morgan fingerprint density at radius 2 is 2.00 bits per heavy atom. The zero-order valence-corrected chi connectivity index (χ0v) is 15.5. The van der Waals surface area contributed by atoms with Gasteiger partial charge in [-0.3, -0.25) is 9.69 Å². The van der Waals surface area contributed by atoms with Crippen LogP contribution in [0.15, 0.2) is 18.2 Å². The molecule has 128 valence electrons. The number of rotatable bonds is 4. The van der Waals surface area contributed by atoms with E-state index in [0.29, 0.717) is 0 Å². The fourth-order valence-electron chi connectivity index (χ4n) is 2.59. The number of nitrogens with one attached hydrogen (secondary N) is 1. The van der Waals surface area contributed by atoms with Gasteiger partial charge in [0, 0.05) is 36.8 Å². The molecule has 1 atom stereocenters. The summed E-state index contributed by atoms with van der Waals surface area (Å²) in [6, 6.07) is 5.60. The molecule has 23 heavy (non-hydrogen) atoms. The smallest absolute Gasteiger partial charge is 0.241 e. The Labute approximate surface area is 144 Å². The van der Waals surface area contributed by atoms with Crippen LogP contribution in [0.4, 0.5) is 5.69 Å². The lowest BCUT2D eigenvalue weighted by atomic mass is 9.87. The highest BCUT2D eigenvalue weighted by Crippen LogP contribution is 2.24. The monoisotopic (exact) mass is 335 g/mol. The molecule has 4 nitrogen and oxygen atoms in total. The lowest BCUT2D eigenvalue weighted by molar-refractivity contribution is -0.119. The third kappa shape index (κ3) is 4.96. The summed E-state index contributed by atoms with van der Waals surface area (Å²) in [4.78, 5) is 14.8. The van der Waals surface area contributed by atoms with Crippen molar-refractivity contribution in [1.29, 1.82) is 0 Å². The van der Waals surface area contributed by atoms with Crippen molar-refractivity contribution in [2.75, 3.05) is 29.9 Å². The Morgan fingerprint density at radius 1 is 1.35 bits per heavy atom. The Kier molecular flexibility index (Phi) is 6.12. The largest absolute Gasteiger partial charge is 0.324 e. The zero-order chi connectivity index (χ0) is 17.0. The molecule has 0 aromatic heterocycles. The first kappa shape index (κ1) is 18.3. The molecular formula is C18H29N3OS. The summed E-state index contributed by atoms with van der Waals surface area (Å²) < 4.78 is 0. The molecule has 5 heteroatoms. The third-order valence-corrected chi connectivity index (χ3v) is 5.36. The summed E-state index contributed by atoms with van der Waals surface area (Å²) in [5, 5.41) is 3.01. The van der Waals surface area contributed by atoms with Crippen molar-refractivity contribution in [2.24, 2.45) is 11.1 Å². The highest BCUT2D eigenvalue weighted by atomic mass is 32.2. The van der Waals surface area contributed by atoms with Gasteiger partial charge in [-0.2, -0.15) is 11.8 Å². The van der Waals surface area contributed by atoms with Gasteiger partial charge in [0.25, 0.3) is 0 Å². The second-order valence-corrected chi connectivity index (χ2v) is 8.54. The maximum Gasteiger partial charge on any atom is 0.241 e. The first-order chi connectivity index (χ1) is 10.8. The van der Waals surface area contributed by atoms with Crippen LogP contribution in [-0.4, -0.2) is 41.4 Å². The van der Waals surface area contributed by atoms with Gasteiger partial charge < -0.3 is 11.1 Å². The predicted octanol–water partition coefficient (Wildman–Crippen LogP) is 2.86. The molecule has 0 aliphatic carbocycles. The summed E-state index contributed by atoms with van der Waals surface area (Å²) >= 11 is 2.02. The SMILES string of the molecule is Cc1c(CN2CCSCC2)cccc1NC(=O)[C@@H](N)C(C)(C)C. The van der Waals surface area contributed by atoms with Crippen LogP contribution in [0.3, 0.4) is 0 Å². The van der Waals surface area contributed by atoms with Gasteiger partial charge in [-0.05, 0) is 29.5 Å². The van der Waals surface area contributed by atoms with Crippen LogP contribution in [0.1, 0.15) is 31.9 Å². The highest BCUT2D eigenvalue weighted by Gasteiger charge is 2.27. The molecule has 3 N–H and O–H groups in total. The van der Waals surface area contributed by atoms with Crippen molar-refractivity contribution >= 4 is 23.4 Å². The van der Waals surface area contributed by atoms with E-state index < -0.39 is 6.04 Å². The summed E-state index contributed by atoms with van der Waals surface area (Å²) in [7, 11) is 0. The second kappa shape index (κ2) is 7.69. The van der Waals surface area contributed by atoms with Crippen molar-refractivity contribution in [2.45, 2.75) is 40.3 Å². The summed E-state index contributed by atoms with van der Waals surface area (Å²) in [5.74, 6) is 2.29. The van der Waals surface area contributed by atoms with E-state index in [1.54, 1.807) is 0 Å². The van der Waals surface area contributed by atoms with Gasteiger partial charge in [-0.1, -0.05) is 32.9 Å². The molecule has 1 aromatic carbocycles. The zero-order valence-electron chi connectivity index (χ0n) is 14.7. The minimum atomic E-state index is -0.523. The van der Waals surface area contributed by atoms with E-state index in [9.17, 15) is 4.79 Å². The number of carbonyl (C=O) groups is 1. The first-order valence-electron chi connectivity index (χ1n) is 8.24. The number of benzene rings is 1. The number of hydrogen-bond acceptors (Lipinski definition) is 4. The number of carbonyl (C=O) groups excluding carboxylic acids is 1. The van der Waals surface area contributed by atoms with Crippen LogP contribution in [0.2, 0.25) is 0 Å². The summed E-state index contributed by atoms with van der Waals surface area (Å²) in [6.45, 7) is 11.2. The van der Waals surface area contributed by atoms with E-state index >= 15 is 0 Å². The predicted molar refractivity (Wildman–Crippen MR) is 99.8 cm³/mol. The van der Waals surface area contributed by atoms with Crippen molar-refractivity contribution < 1.29 is 4.79 Å². The van der Waals surface area contributed by atoms with E-state index in [1.807, 2.05) is 44.7 Å². The molecule has 1 amide bonds. The first-order valence-corrected chi connectivity index (χ1v) is 9.39. The van der Waals surface area contributed by atoms with Crippen LogP contribution in [0, 0.1) is 12.3 Å². The van der Waals surface area contributed by atoms with E-state index in [2.05, 4.69) is 23.2 Å². The number of anilines is 1. The Bertz CT molecular complexity index is 548. The molecule has 0 saturated carbocycles. The van der Waals surface area contributed by atoms with Crippen LogP contribution in [-0.2, 0) is 11.3 Å². The number of thioether (sulfide) groups is 1. The normalized spacial score (nSPS) is 17.8. The van der Waals surface area contributed by atoms with Crippen LogP contribution in [0.5, 0.6) is 0 Å². The minimum absolute atomic E-state index is 0.118. The lowest BCUT2D eigenvalue weighted by Gasteiger charge is -2.28. The molecule has 0 unspecified atom stereocenters. The average Bonchev–Trinajstić information content (AvgIpc) is 2.50. The second-order valence-electron chi connectivity index (χ2n) is 7.31. The average molecular weight is 336 g/mol. The molecule has 1 saturated heterocycles. The molecular weight excluding hydrogens is 306 g/mol. The van der Waals surface area contributed by atoms with Gasteiger partial charge in [0.2, 0.25) is 5.91 Å². The molecule has 1 heterocycles. The standard InChI is InChI=1S/C18H29N3OS/c1-13-14(12-21-8-10-23-11-9-21)6-5-7-15(13)20-17(22)16(19)18(2,3)4/h5-7,16H,8-12,19H2,1-4H3,(H,20,22)/t16-/m1/s1. The van der Waals surface area contributed by atoms with Crippen LogP contribution < -0.4 is 11.1 Å². The van der Waals surface area contributed by atoms with Gasteiger partial charge >= 0.3 is 0 Å². The summed E-state index contributed by atoms with van der Waals surface area (Å²) in [6.07, 6.45) is 0. The Hall–Kier alpha value is -1.04. The van der Waals surface area contributed by atoms with Gasteiger partial charge in [-0.25, -0.2) is 0 Å². The number of nitrogens with zero attached hydrogens (tertiary/aromatic N) is 1. The van der Waals surface area contributed by atoms with Gasteiger partial charge in [0.15, 0.2) is 0 Å². The minimum Gasteiger partial charge on any atom is -0.324 e. The Balaban J connectivity index is 2.08. The van der Waals surface area contributed by atoms with Crippen LogP contribution >= 0.6 is 11.8 Å². The molecule has 0 bridgehead atoms. The van der Waals surface area contributed by atoms with Gasteiger partial charge in [-0.15, -0.1) is 0 Å². The molecule has 0 radical (unpaired) electrons. The van der Waals surface area contributed by atoms with E-state index in [1.165, 1.54) is 17.1 Å². The fourth-order valence-corrected chi connectivity index (χ4v) is 3.57. The summed E-state index contributed by atoms with van der Waals surface area (Å²) in [5.41, 5.74) is 9.10. The molecule has 0 spiro atoms. The molecule has 1 fully saturated rings. The van der Waals surface area contributed by atoms with Crippen molar-refractivity contribution in [3.63, 3.8) is 0 Å². The molecule has 2 rings (SSSR count). The van der Waals surface area contributed by atoms with Crippen molar-refractivity contribution in [3.05, 3.63) is 29.3 Å². The number of nitrogens with two attached hydrogens (primary N) is 1. The Morgan fingerprint density at radius 3 is 2.61 bits per heavy atom.